The fraction of sp³-hybridized carbons (Fsp3) is 0.375. The summed E-state index contributed by atoms with van der Waals surface area (Å²) in [4.78, 5) is 22.4. The average Bonchev–Trinajstić information content (AvgIpc) is 2.35. The molecule has 0 heterocycles. The van der Waals surface area contributed by atoms with Crippen LogP contribution in [0.25, 0.3) is 0 Å². The SMILES string of the molecule is CC(C)(C)OC(=O)NCCC#Cc1cc(F)ccc1C(=O)O. The Morgan fingerprint density at radius 2 is 2.05 bits per heavy atom. The molecule has 6 heteroatoms. The summed E-state index contributed by atoms with van der Waals surface area (Å²) >= 11 is 0. The minimum absolute atomic E-state index is 0.0611. The third kappa shape index (κ3) is 6.27. The number of nitrogens with one attached hydrogen (secondary N) is 1. The molecule has 5 nitrogen and oxygen atoms in total. The van der Waals surface area contributed by atoms with Crippen molar-refractivity contribution in [1.82, 2.24) is 5.32 Å². The van der Waals surface area contributed by atoms with Gasteiger partial charge in [0.25, 0.3) is 0 Å². The van der Waals surface area contributed by atoms with Crippen LogP contribution >= 0.6 is 0 Å². The molecule has 1 rings (SSSR count). The predicted molar refractivity (Wildman–Crippen MR) is 79.1 cm³/mol. The molecule has 0 aliphatic rings. The van der Waals surface area contributed by atoms with Crippen molar-refractivity contribution < 1.29 is 23.8 Å². The number of carboxylic acid groups (broad SMARTS) is 1. The van der Waals surface area contributed by atoms with Crippen molar-refractivity contribution in [2.75, 3.05) is 6.54 Å². The van der Waals surface area contributed by atoms with Crippen LogP contribution in [0.5, 0.6) is 0 Å². The molecule has 1 aromatic carbocycles. The first kappa shape index (κ1) is 17.5. The van der Waals surface area contributed by atoms with E-state index in [1.807, 2.05) is 0 Å². The van der Waals surface area contributed by atoms with E-state index in [9.17, 15) is 14.0 Å². The molecule has 2 N–H and O–H groups in total. The molecular weight excluding hydrogens is 289 g/mol. The topological polar surface area (TPSA) is 75.6 Å². The standard InChI is InChI=1S/C16H18FNO4/c1-16(2,3)22-15(21)18-9-5-4-6-11-10-12(17)7-8-13(11)14(19)20/h7-8,10H,5,9H2,1-3H3,(H,18,21)(H,19,20). The Morgan fingerprint density at radius 3 is 2.64 bits per heavy atom. The first-order valence-corrected chi connectivity index (χ1v) is 6.67. The van der Waals surface area contributed by atoms with Gasteiger partial charge in [0.15, 0.2) is 0 Å². The van der Waals surface area contributed by atoms with E-state index in [0.29, 0.717) is 0 Å². The van der Waals surface area contributed by atoms with E-state index in [-0.39, 0.29) is 24.1 Å². The van der Waals surface area contributed by atoms with Crippen LogP contribution in [0.2, 0.25) is 0 Å². The summed E-state index contributed by atoms with van der Waals surface area (Å²) in [5, 5.41) is 11.5. The molecule has 0 aliphatic heterocycles. The number of hydrogen-bond acceptors (Lipinski definition) is 3. The van der Waals surface area contributed by atoms with Crippen LogP contribution in [-0.2, 0) is 4.74 Å². The Balaban J connectivity index is 2.57. The number of carboxylic acids is 1. The second-order valence-corrected chi connectivity index (χ2v) is 5.48. The first-order chi connectivity index (χ1) is 10.2. The Hall–Kier alpha value is -2.55. The summed E-state index contributed by atoms with van der Waals surface area (Å²) in [5.41, 5.74) is -0.535. The molecule has 0 saturated heterocycles. The summed E-state index contributed by atoms with van der Waals surface area (Å²) in [5.74, 6) is 3.56. The van der Waals surface area contributed by atoms with Gasteiger partial charge in [0, 0.05) is 18.5 Å². The molecule has 0 aromatic heterocycles. The van der Waals surface area contributed by atoms with Crippen molar-refractivity contribution in [3.8, 4) is 11.8 Å². The van der Waals surface area contributed by atoms with Crippen molar-refractivity contribution in [2.24, 2.45) is 0 Å². The van der Waals surface area contributed by atoms with E-state index in [4.69, 9.17) is 9.84 Å². The van der Waals surface area contributed by atoms with Gasteiger partial charge in [-0.05, 0) is 39.0 Å². The van der Waals surface area contributed by atoms with Gasteiger partial charge < -0.3 is 15.2 Å². The van der Waals surface area contributed by atoms with E-state index < -0.39 is 23.5 Å². The third-order valence-electron chi connectivity index (χ3n) is 2.35. The number of ether oxygens (including phenoxy) is 1. The van der Waals surface area contributed by atoms with Gasteiger partial charge in [-0.2, -0.15) is 0 Å². The number of benzene rings is 1. The normalized spacial score (nSPS) is 10.4. The predicted octanol–water partition coefficient (Wildman–Crippen LogP) is 2.79. The second kappa shape index (κ2) is 7.46. The maximum Gasteiger partial charge on any atom is 0.407 e. The van der Waals surface area contributed by atoms with Gasteiger partial charge in [0.05, 0.1) is 5.56 Å². The van der Waals surface area contributed by atoms with Gasteiger partial charge in [-0.3, -0.25) is 0 Å². The summed E-state index contributed by atoms with van der Waals surface area (Å²) in [6.45, 7) is 5.51. The molecule has 0 atom stereocenters. The summed E-state index contributed by atoms with van der Waals surface area (Å²) < 4.78 is 18.2. The van der Waals surface area contributed by atoms with Gasteiger partial charge in [-0.15, -0.1) is 0 Å². The van der Waals surface area contributed by atoms with Crippen LogP contribution in [-0.4, -0.2) is 29.3 Å². The van der Waals surface area contributed by atoms with Crippen molar-refractivity contribution in [3.63, 3.8) is 0 Å². The molecule has 0 saturated carbocycles. The minimum Gasteiger partial charge on any atom is -0.478 e. The number of carbonyl (C=O) groups is 2. The number of carbonyl (C=O) groups excluding carboxylic acids is 1. The first-order valence-electron chi connectivity index (χ1n) is 6.67. The highest BCUT2D eigenvalue weighted by Crippen LogP contribution is 2.10. The Morgan fingerprint density at radius 1 is 1.36 bits per heavy atom. The van der Waals surface area contributed by atoms with Crippen LogP contribution in [0.4, 0.5) is 9.18 Å². The fourth-order valence-electron chi connectivity index (χ4n) is 1.51. The lowest BCUT2D eigenvalue weighted by Gasteiger charge is -2.19. The van der Waals surface area contributed by atoms with Crippen LogP contribution < -0.4 is 5.32 Å². The largest absolute Gasteiger partial charge is 0.478 e. The number of hydrogen-bond donors (Lipinski definition) is 2. The number of aromatic carboxylic acids is 1. The van der Waals surface area contributed by atoms with Crippen LogP contribution in [0.3, 0.4) is 0 Å². The Labute approximate surface area is 128 Å². The number of rotatable bonds is 3. The Bertz CT molecular complexity index is 623. The molecule has 0 fully saturated rings. The van der Waals surface area contributed by atoms with E-state index in [1.54, 1.807) is 20.8 Å². The highest BCUT2D eigenvalue weighted by Gasteiger charge is 2.15. The molecule has 0 unspecified atom stereocenters. The van der Waals surface area contributed by atoms with E-state index in [0.717, 1.165) is 12.1 Å². The lowest BCUT2D eigenvalue weighted by atomic mass is 10.1. The molecule has 0 spiro atoms. The van der Waals surface area contributed by atoms with Crippen LogP contribution in [0, 0.1) is 17.7 Å². The quantitative estimate of drug-likeness (QED) is 0.665. The van der Waals surface area contributed by atoms with E-state index in [2.05, 4.69) is 17.2 Å². The number of halogens is 1. The van der Waals surface area contributed by atoms with E-state index >= 15 is 0 Å². The van der Waals surface area contributed by atoms with Crippen LogP contribution in [0.1, 0.15) is 43.1 Å². The van der Waals surface area contributed by atoms with Crippen molar-refractivity contribution >= 4 is 12.1 Å². The summed E-state index contributed by atoms with van der Waals surface area (Å²) in [6, 6.07) is 3.30. The minimum atomic E-state index is -1.17. The molecule has 0 aliphatic carbocycles. The van der Waals surface area contributed by atoms with Gasteiger partial charge in [-0.25, -0.2) is 14.0 Å². The number of amides is 1. The lowest BCUT2D eigenvalue weighted by Crippen LogP contribution is -2.32. The van der Waals surface area contributed by atoms with Crippen molar-refractivity contribution in [3.05, 3.63) is 35.1 Å². The highest BCUT2D eigenvalue weighted by molar-refractivity contribution is 5.90. The maximum atomic E-state index is 13.1. The second-order valence-electron chi connectivity index (χ2n) is 5.48. The summed E-state index contributed by atoms with van der Waals surface area (Å²) in [7, 11) is 0. The molecule has 118 valence electrons. The van der Waals surface area contributed by atoms with Crippen molar-refractivity contribution in [1.29, 1.82) is 0 Å². The summed E-state index contributed by atoms with van der Waals surface area (Å²) in [6.07, 6.45) is -0.263. The van der Waals surface area contributed by atoms with Crippen molar-refractivity contribution in [2.45, 2.75) is 32.8 Å². The molecule has 0 radical (unpaired) electrons. The zero-order valence-electron chi connectivity index (χ0n) is 12.7. The fourth-order valence-corrected chi connectivity index (χ4v) is 1.51. The zero-order chi connectivity index (χ0) is 16.8. The average molecular weight is 307 g/mol. The zero-order valence-corrected chi connectivity index (χ0v) is 12.7. The highest BCUT2D eigenvalue weighted by atomic mass is 19.1. The third-order valence-corrected chi connectivity index (χ3v) is 2.35. The van der Waals surface area contributed by atoms with Crippen LogP contribution in [0.15, 0.2) is 18.2 Å². The molecule has 1 aromatic rings. The maximum absolute atomic E-state index is 13.1. The van der Waals surface area contributed by atoms with Gasteiger partial charge in [-0.1, -0.05) is 11.8 Å². The lowest BCUT2D eigenvalue weighted by molar-refractivity contribution is 0.0528. The monoisotopic (exact) mass is 307 g/mol. The van der Waals surface area contributed by atoms with E-state index in [1.165, 1.54) is 6.07 Å². The molecule has 1 amide bonds. The number of alkyl carbamates (subject to hydrolysis) is 1. The molecular formula is C16H18FNO4. The van der Waals surface area contributed by atoms with Gasteiger partial charge >= 0.3 is 12.1 Å². The molecule has 22 heavy (non-hydrogen) atoms. The van der Waals surface area contributed by atoms with Gasteiger partial charge in [0.1, 0.15) is 11.4 Å². The Kier molecular flexibility index (Phi) is 5.93. The van der Waals surface area contributed by atoms with Gasteiger partial charge in [0.2, 0.25) is 0 Å². The molecule has 0 bridgehead atoms. The smallest absolute Gasteiger partial charge is 0.407 e.